The highest BCUT2D eigenvalue weighted by molar-refractivity contribution is 7.89. The van der Waals surface area contributed by atoms with Gasteiger partial charge < -0.3 is 4.90 Å². The fourth-order valence-electron chi connectivity index (χ4n) is 3.29. The number of pyridine rings is 1. The van der Waals surface area contributed by atoms with E-state index in [0.717, 1.165) is 22.3 Å². The average Bonchev–Trinajstić information content (AvgIpc) is 2.73. The Bertz CT molecular complexity index is 1050. The molecule has 1 aromatic carbocycles. The summed E-state index contributed by atoms with van der Waals surface area (Å²) in [6.45, 7) is 3.84. The molecule has 1 aliphatic heterocycles. The van der Waals surface area contributed by atoms with E-state index in [-0.39, 0.29) is 5.75 Å². The summed E-state index contributed by atoms with van der Waals surface area (Å²) >= 11 is 0. The van der Waals surface area contributed by atoms with Gasteiger partial charge in [0.05, 0.1) is 11.3 Å². The fraction of sp³-hybridized carbons (Fsp3) is 0.316. The predicted molar refractivity (Wildman–Crippen MR) is 106 cm³/mol. The molecule has 3 aromatic rings. The van der Waals surface area contributed by atoms with Crippen molar-refractivity contribution in [2.75, 3.05) is 36.8 Å². The quantitative estimate of drug-likeness (QED) is 0.687. The number of benzene rings is 1. The molecule has 0 N–H and O–H groups in total. The minimum atomic E-state index is -3.15. The molecule has 0 unspecified atom stereocenters. The highest BCUT2D eigenvalue weighted by atomic mass is 32.2. The van der Waals surface area contributed by atoms with Crippen molar-refractivity contribution < 1.29 is 8.42 Å². The molecule has 3 heterocycles. The monoisotopic (exact) mass is 383 g/mol. The predicted octanol–water partition coefficient (Wildman–Crippen LogP) is 2.16. The molecule has 0 atom stereocenters. The zero-order valence-corrected chi connectivity index (χ0v) is 15.9. The molecule has 8 heteroatoms. The number of piperazine rings is 1. The van der Waals surface area contributed by atoms with E-state index >= 15 is 0 Å². The van der Waals surface area contributed by atoms with Crippen molar-refractivity contribution in [3.63, 3.8) is 0 Å². The highest BCUT2D eigenvalue weighted by Gasteiger charge is 2.27. The van der Waals surface area contributed by atoms with E-state index in [9.17, 15) is 8.42 Å². The number of hydrogen-bond donors (Lipinski definition) is 0. The average molecular weight is 383 g/mol. The van der Waals surface area contributed by atoms with Crippen molar-refractivity contribution in [1.29, 1.82) is 0 Å². The molecular formula is C19H21N5O2S. The van der Waals surface area contributed by atoms with Gasteiger partial charge in [-0.05, 0) is 31.2 Å². The normalized spacial score (nSPS) is 16.0. The Morgan fingerprint density at radius 1 is 0.963 bits per heavy atom. The van der Waals surface area contributed by atoms with E-state index in [1.54, 1.807) is 23.6 Å². The summed E-state index contributed by atoms with van der Waals surface area (Å²) in [5, 5.41) is 0.974. The van der Waals surface area contributed by atoms with Crippen LogP contribution in [0.25, 0.3) is 22.3 Å². The Morgan fingerprint density at radius 3 is 2.37 bits per heavy atom. The first-order chi connectivity index (χ1) is 13.1. The number of hydrogen-bond acceptors (Lipinski definition) is 6. The Hall–Kier alpha value is -2.58. The molecule has 140 valence electrons. The van der Waals surface area contributed by atoms with E-state index in [0.29, 0.717) is 32.0 Å². The van der Waals surface area contributed by atoms with Gasteiger partial charge in [-0.2, -0.15) is 4.31 Å². The van der Waals surface area contributed by atoms with Gasteiger partial charge in [0, 0.05) is 49.5 Å². The van der Waals surface area contributed by atoms with Crippen molar-refractivity contribution in [2.45, 2.75) is 6.92 Å². The zero-order valence-electron chi connectivity index (χ0n) is 15.1. The molecule has 4 rings (SSSR count). The number of rotatable bonds is 4. The Labute approximate surface area is 158 Å². The molecule has 2 aromatic heterocycles. The molecule has 0 bridgehead atoms. The molecule has 1 saturated heterocycles. The third-order valence-electron chi connectivity index (χ3n) is 4.82. The summed E-state index contributed by atoms with van der Waals surface area (Å²) in [4.78, 5) is 15.7. The van der Waals surface area contributed by atoms with Crippen molar-refractivity contribution in [1.82, 2.24) is 19.3 Å². The lowest BCUT2D eigenvalue weighted by atomic mass is 10.2. The summed E-state index contributed by atoms with van der Waals surface area (Å²) in [5.41, 5.74) is 1.78. The number of sulfonamides is 1. The van der Waals surface area contributed by atoms with Crippen molar-refractivity contribution in [3.8, 4) is 11.4 Å². The van der Waals surface area contributed by atoms with E-state index < -0.39 is 10.0 Å². The van der Waals surface area contributed by atoms with E-state index in [1.807, 2.05) is 36.4 Å². The molecule has 1 aliphatic rings. The lowest BCUT2D eigenvalue weighted by Crippen LogP contribution is -2.49. The smallest absolute Gasteiger partial charge is 0.213 e. The van der Waals surface area contributed by atoms with Crippen LogP contribution in [-0.4, -0.2) is 59.6 Å². The van der Waals surface area contributed by atoms with Crippen LogP contribution in [0.4, 0.5) is 5.82 Å². The largest absolute Gasteiger partial charge is 0.353 e. The lowest BCUT2D eigenvalue weighted by molar-refractivity contribution is 0.385. The SMILES string of the molecule is CCS(=O)(=O)N1CCN(c2nc(-c3ccncc3)nc3ccccc23)CC1. The minimum absolute atomic E-state index is 0.135. The van der Waals surface area contributed by atoms with Gasteiger partial charge in [-0.1, -0.05) is 12.1 Å². The van der Waals surface area contributed by atoms with Crippen molar-refractivity contribution in [3.05, 3.63) is 48.8 Å². The lowest BCUT2D eigenvalue weighted by Gasteiger charge is -2.35. The summed E-state index contributed by atoms with van der Waals surface area (Å²) in [5.74, 6) is 1.63. The zero-order chi connectivity index (χ0) is 18.9. The third-order valence-corrected chi connectivity index (χ3v) is 6.70. The maximum atomic E-state index is 12.1. The van der Waals surface area contributed by atoms with Crippen LogP contribution in [-0.2, 0) is 10.0 Å². The summed E-state index contributed by atoms with van der Waals surface area (Å²) in [7, 11) is -3.15. The molecule has 0 aliphatic carbocycles. The first-order valence-corrected chi connectivity index (χ1v) is 10.6. The highest BCUT2D eigenvalue weighted by Crippen LogP contribution is 2.28. The molecule has 0 saturated carbocycles. The van der Waals surface area contributed by atoms with Gasteiger partial charge in [0.25, 0.3) is 0 Å². The van der Waals surface area contributed by atoms with Crippen LogP contribution in [0.1, 0.15) is 6.92 Å². The fourth-order valence-corrected chi connectivity index (χ4v) is 4.38. The first kappa shape index (κ1) is 17.8. The molecule has 7 nitrogen and oxygen atoms in total. The Balaban J connectivity index is 1.71. The summed E-state index contributed by atoms with van der Waals surface area (Å²) < 4.78 is 25.8. The Morgan fingerprint density at radius 2 is 1.67 bits per heavy atom. The van der Waals surface area contributed by atoms with E-state index in [1.165, 1.54) is 0 Å². The molecule has 27 heavy (non-hydrogen) atoms. The molecule has 1 fully saturated rings. The maximum Gasteiger partial charge on any atom is 0.213 e. The van der Waals surface area contributed by atoms with Gasteiger partial charge in [-0.15, -0.1) is 0 Å². The number of para-hydroxylation sites is 1. The summed E-state index contributed by atoms with van der Waals surface area (Å²) in [6, 6.07) is 11.7. The van der Waals surface area contributed by atoms with Gasteiger partial charge in [0.2, 0.25) is 10.0 Å². The molecule has 0 spiro atoms. The first-order valence-electron chi connectivity index (χ1n) is 8.98. The van der Waals surface area contributed by atoms with Crippen LogP contribution in [0.5, 0.6) is 0 Å². The van der Waals surface area contributed by atoms with Crippen molar-refractivity contribution in [2.24, 2.45) is 0 Å². The van der Waals surface area contributed by atoms with Gasteiger partial charge in [-0.3, -0.25) is 4.98 Å². The van der Waals surface area contributed by atoms with Gasteiger partial charge in [0.15, 0.2) is 5.82 Å². The second-order valence-electron chi connectivity index (χ2n) is 6.41. The summed E-state index contributed by atoms with van der Waals surface area (Å²) in [6.07, 6.45) is 3.45. The second-order valence-corrected chi connectivity index (χ2v) is 8.67. The standard InChI is InChI=1S/C19H21N5O2S/c1-2-27(25,26)24-13-11-23(12-14-24)19-16-5-3-4-6-17(16)21-18(22-19)15-7-9-20-10-8-15/h3-10H,2,11-14H2,1H3. The molecule has 0 amide bonds. The number of nitrogens with zero attached hydrogens (tertiary/aromatic N) is 5. The number of aromatic nitrogens is 3. The maximum absolute atomic E-state index is 12.1. The van der Waals surface area contributed by atoms with Gasteiger partial charge in [-0.25, -0.2) is 18.4 Å². The topological polar surface area (TPSA) is 79.3 Å². The Kier molecular flexibility index (Phi) is 4.75. The van der Waals surface area contributed by atoms with E-state index in [4.69, 9.17) is 9.97 Å². The van der Waals surface area contributed by atoms with Gasteiger partial charge in [0.1, 0.15) is 5.82 Å². The number of fused-ring (bicyclic) bond motifs is 1. The van der Waals surface area contributed by atoms with Crippen LogP contribution in [0.3, 0.4) is 0 Å². The number of anilines is 1. The molecular weight excluding hydrogens is 362 g/mol. The van der Waals surface area contributed by atoms with E-state index in [2.05, 4.69) is 9.88 Å². The van der Waals surface area contributed by atoms with Crippen LogP contribution in [0, 0.1) is 0 Å². The minimum Gasteiger partial charge on any atom is -0.353 e. The third kappa shape index (κ3) is 3.50. The van der Waals surface area contributed by atoms with Crippen LogP contribution < -0.4 is 4.90 Å². The second kappa shape index (κ2) is 7.21. The van der Waals surface area contributed by atoms with Gasteiger partial charge >= 0.3 is 0 Å². The molecule has 0 radical (unpaired) electrons. The van der Waals surface area contributed by atoms with Crippen LogP contribution in [0.15, 0.2) is 48.8 Å². The van der Waals surface area contributed by atoms with Crippen molar-refractivity contribution >= 4 is 26.7 Å². The van der Waals surface area contributed by atoms with Crippen LogP contribution in [0.2, 0.25) is 0 Å². The van der Waals surface area contributed by atoms with Crippen LogP contribution >= 0.6 is 0 Å².